The van der Waals surface area contributed by atoms with Gasteiger partial charge in [0.25, 0.3) is 0 Å². The van der Waals surface area contributed by atoms with Crippen LogP contribution in [0.3, 0.4) is 0 Å². The first-order valence-corrected chi connectivity index (χ1v) is 29.3. The highest BCUT2D eigenvalue weighted by Gasteiger charge is 2.33. The van der Waals surface area contributed by atoms with Crippen LogP contribution in [0.25, 0.3) is 0 Å². The zero-order valence-electron chi connectivity index (χ0n) is 52.4. The summed E-state index contributed by atoms with van der Waals surface area (Å²) in [5, 5.41) is 30.7. The van der Waals surface area contributed by atoms with Crippen LogP contribution < -0.4 is 69.5 Å². The fourth-order valence-electron chi connectivity index (χ4n) is 6.99. The molecule has 0 heterocycles. The summed E-state index contributed by atoms with van der Waals surface area (Å²) >= 11 is 1.12. The first kappa shape index (κ1) is 77.7. The smallest absolute Gasteiger partial charge is 0.407 e. The Hall–Kier alpha value is -7.34. The van der Waals surface area contributed by atoms with Gasteiger partial charge in [0.1, 0.15) is 64.7 Å². The molecule has 30 nitrogen and oxygen atoms in total. The van der Waals surface area contributed by atoms with Gasteiger partial charge in [0.15, 0.2) is 0 Å². The number of nitrogens with two attached hydrogens (primary N) is 1. The Morgan fingerprint density at radius 2 is 0.635 bits per heavy atom. The lowest BCUT2D eigenvalue weighted by Gasteiger charge is -2.27. The molecule has 0 saturated carbocycles. The summed E-state index contributed by atoms with van der Waals surface area (Å²) in [5.74, 6) is -6.93. The summed E-state index contributed by atoms with van der Waals surface area (Å²) < 4.78 is 21.1. The van der Waals surface area contributed by atoms with E-state index in [0.717, 1.165) is 11.8 Å². The molecule has 0 bridgehead atoms. The number of hydrogen-bond donors (Lipinski definition) is 13. The van der Waals surface area contributed by atoms with E-state index in [2.05, 4.69) is 63.8 Å². The molecule has 1 unspecified atom stereocenters. The van der Waals surface area contributed by atoms with Crippen molar-refractivity contribution in [3.63, 3.8) is 0 Å². The van der Waals surface area contributed by atoms with Crippen molar-refractivity contribution >= 4 is 89.3 Å². The highest BCUT2D eigenvalue weighted by atomic mass is 32.2. The fourth-order valence-corrected chi connectivity index (χ4v) is 7.88. The molecule has 0 aliphatic heterocycles. The number of hydrogen-bond acceptors (Lipinski definition) is 18. The van der Waals surface area contributed by atoms with Gasteiger partial charge in [-0.1, -0.05) is 0 Å². The van der Waals surface area contributed by atoms with Gasteiger partial charge in [-0.2, -0.15) is 0 Å². The maximum atomic E-state index is 14.6. The molecule has 0 aromatic rings. The predicted molar refractivity (Wildman–Crippen MR) is 315 cm³/mol. The Morgan fingerprint density at radius 3 is 0.918 bits per heavy atom. The van der Waals surface area contributed by atoms with Crippen molar-refractivity contribution in [2.75, 3.05) is 37.8 Å². The average molecular weight is 1230 g/mol. The summed E-state index contributed by atoms with van der Waals surface area (Å²) in [4.78, 5) is 169. The SMILES string of the molecule is CC(=O)NCSC[C@@H](NC(C)=O)C(=O)N[C@H](C)C(=O)N[C@H](CCCNC(=O)OC(C)(C)C)C(=O)N[C@H](CCCNC(=O)OC(C)(C)C)C(=O)NC(CCCNC(=O)OC(C)(C)C)C(=O)N[C@H](C)C(=O)N[C@H](CCCNC(=O)OC(C)(C)C)C(N)=O. The molecule has 0 rings (SSSR count). The number of carbonyl (C=O) groups excluding carboxylic acids is 13. The van der Waals surface area contributed by atoms with Crippen molar-refractivity contribution in [2.24, 2.45) is 5.73 Å². The molecule has 0 aliphatic rings. The van der Waals surface area contributed by atoms with E-state index in [9.17, 15) is 62.3 Å². The quantitative estimate of drug-likeness (QED) is 0.0242. The second-order valence-corrected chi connectivity index (χ2v) is 24.9. The zero-order chi connectivity index (χ0) is 65.5. The molecule has 0 aliphatic carbocycles. The summed E-state index contributed by atoms with van der Waals surface area (Å²) in [6, 6.07) is -9.52. The fraction of sp³-hybridized carbons (Fsp3) is 0.759. The van der Waals surface area contributed by atoms with Gasteiger partial charge in [0.05, 0.1) is 5.88 Å². The molecule has 0 aromatic heterocycles. The first-order valence-electron chi connectivity index (χ1n) is 28.2. The number of amides is 13. The molecular weight excluding hydrogens is 1130 g/mol. The van der Waals surface area contributed by atoms with Gasteiger partial charge in [-0.25, -0.2) is 19.2 Å². The molecule has 85 heavy (non-hydrogen) atoms. The summed E-state index contributed by atoms with van der Waals surface area (Å²) in [6.45, 7) is 25.0. The van der Waals surface area contributed by atoms with Crippen molar-refractivity contribution in [1.82, 2.24) is 63.8 Å². The van der Waals surface area contributed by atoms with Gasteiger partial charge >= 0.3 is 24.4 Å². The van der Waals surface area contributed by atoms with Gasteiger partial charge in [-0.3, -0.25) is 43.2 Å². The molecule has 0 spiro atoms. The monoisotopic (exact) mass is 1230 g/mol. The molecule has 0 aromatic carbocycles. The Kier molecular flexibility index (Phi) is 34.6. The van der Waals surface area contributed by atoms with Crippen molar-refractivity contribution < 1.29 is 81.3 Å². The van der Waals surface area contributed by atoms with Crippen LogP contribution in [-0.4, -0.2) is 180 Å². The van der Waals surface area contributed by atoms with Crippen LogP contribution in [0.4, 0.5) is 19.2 Å². The first-order chi connectivity index (χ1) is 39.1. The largest absolute Gasteiger partial charge is 0.444 e. The molecule has 0 saturated heterocycles. The number of alkyl carbamates (subject to hydrolysis) is 4. The van der Waals surface area contributed by atoms with E-state index in [4.69, 9.17) is 24.7 Å². The Labute approximate surface area is 503 Å². The highest BCUT2D eigenvalue weighted by Crippen LogP contribution is 2.12. The Bertz CT molecular complexity index is 2260. The lowest BCUT2D eigenvalue weighted by molar-refractivity contribution is -0.135. The third-order valence-electron chi connectivity index (χ3n) is 10.8. The molecule has 7 atom stereocenters. The van der Waals surface area contributed by atoms with E-state index >= 15 is 0 Å². The zero-order valence-corrected chi connectivity index (χ0v) is 53.2. The van der Waals surface area contributed by atoms with E-state index in [1.54, 1.807) is 83.1 Å². The van der Waals surface area contributed by atoms with Gasteiger partial charge in [-0.15, -0.1) is 11.8 Å². The van der Waals surface area contributed by atoms with Gasteiger partial charge in [-0.05, 0) is 148 Å². The maximum absolute atomic E-state index is 14.6. The Morgan fingerprint density at radius 1 is 0.365 bits per heavy atom. The summed E-state index contributed by atoms with van der Waals surface area (Å²) in [6.07, 6.45) is -3.28. The third-order valence-corrected chi connectivity index (χ3v) is 11.7. The molecular formula is C54H97N13O17S. The van der Waals surface area contributed by atoms with Crippen LogP contribution in [0.5, 0.6) is 0 Å². The number of primary amides is 1. The van der Waals surface area contributed by atoms with Gasteiger partial charge < -0.3 is 88.5 Å². The van der Waals surface area contributed by atoms with Crippen molar-refractivity contribution in [2.45, 2.75) is 227 Å². The van der Waals surface area contributed by atoms with E-state index < -0.39 is 136 Å². The number of ether oxygens (including phenoxy) is 4. The van der Waals surface area contributed by atoms with Crippen LogP contribution in [0.1, 0.15) is 162 Å². The normalized spacial score (nSPS) is 14.0. The van der Waals surface area contributed by atoms with Crippen LogP contribution in [0.15, 0.2) is 0 Å². The van der Waals surface area contributed by atoms with E-state index in [1.807, 2.05) is 0 Å². The van der Waals surface area contributed by atoms with Gasteiger partial charge in [0.2, 0.25) is 53.2 Å². The van der Waals surface area contributed by atoms with Crippen molar-refractivity contribution in [3.8, 4) is 0 Å². The topological polar surface area (TPSA) is 429 Å². The number of thioether (sulfide) groups is 1. The predicted octanol–water partition coefficient (Wildman–Crippen LogP) is 0.971. The van der Waals surface area contributed by atoms with Crippen molar-refractivity contribution in [3.05, 3.63) is 0 Å². The minimum Gasteiger partial charge on any atom is -0.444 e. The van der Waals surface area contributed by atoms with Crippen LogP contribution >= 0.6 is 11.8 Å². The molecule has 31 heteroatoms. The lowest BCUT2D eigenvalue weighted by Crippen LogP contribution is -2.59. The minimum absolute atomic E-state index is 0.00287. The van der Waals surface area contributed by atoms with Crippen LogP contribution in [-0.2, 0) is 62.1 Å². The number of carbonyl (C=O) groups is 13. The molecule has 486 valence electrons. The number of nitrogens with one attached hydrogen (secondary N) is 12. The third kappa shape index (κ3) is 39.8. The lowest BCUT2D eigenvalue weighted by atomic mass is 10.0. The summed E-state index contributed by atoms with van der Waals surface area (Å²) in [5.41, 5.74) is 2.29. The van der Waals surface area contributed by atoms with Crippen LogP contribution in [0, 0.1) is 0 Å². The second kappa shape index (κ2) is 37.9. The molecule has 13 amide bonds. The molecule has 14 N–H and O–H groups in total. The minimum atomic E-state index is -1.52. The Balaban J connectivity index is 7.04. The van der Waals surface area contributed by atoms with E-state index in [1.165, 1.54) is 27.7 Å². The average Bonchev–Trinajstić information content (AvgIpc) is 3.40. The summed E-state index contributed by atoms with van der Waals surface area (Å²) in [7, 11) is 0. The number of rotatable bonds is 34. The maximum Gasteiger partial charge on any atom is 0.407 e. The second-order valence-electron chi connectivity index (χ2n) is 23.9. The standard InChI is InChI=1S/C54H97N13O17S/c1-31(41(71)64-35(40(55)70)21-17-25-56-47(77)81-51(5,6)7)61-43(73)36(22-18-26-57-48(78)82-52(8,9)10)66-45(75)38(24-20-28-59-50(80)84-54(14,15)16)67-44(74)37(23-19-27-58-49(79)83-53(11,12)13)65-42(72)32(2)62-46(76)39(63-34(4)69)29-85-30-60-33(3)68/h31-32,35-39H,17-30H2,1-16H3,(H2,55,70)(H,56,77)(H,57,78)(H,58,79)(H,59,80)(H,60,68)(H,61,73)(H,62,76)(H,63,69)(H,64,71)(H,65,72)(H,66,75)(H,67,74)/t31-,32-,35-,36?,37-,38-,39-/m1/s1. The van der Waals surface area contributed by atoms with E-state index in [0.29, 0.717) is 0 Å². The molecule has 0 radical (unpaired) electrons. The molecule has 0 fully saturated rings. The van der Waals surface area contributed by atoms with E-state index in [-0.39, 0.29) is 95.1 Å². The highest BCUT2D eigenvalue weighted by molar-refractivity contribution is 7.99. The van der Waals surface area contributed by atoms with Crippen molar-refractivity contribution in [1.29, 1.82) is 0 Å². The van der Waals surface area contributed by atoms with Gasteiger partial charge in [0, 0.05) is 45.8 Å². The van der Waals surface area contributed by atoms with Crippen LogP contribution in [0.2, 0.25) is 0 Å².